The van der Waals surface area contributed by atoms with Crippen molar-refractivity contribution in [3.8, 4) is 0 Å². The first-order valence-electron chi connectivity index (χ1n) is 9.25. The summed E-state index contributed by atoms with van der Waals surface area (Å²) < 4.78 is -0.00513. The number of hydrogen-bond donors (Lipinski definition) is 2. The van der Waals surface area contributed by atoms with Gasteiger partial charge in [-0.25, -0.2) is 4.98 Å². The van der Waals surface area contributed by atoms with E-state index in [-0.39, 0.29) is 17.4 Å². The lowest BCUT2D eigenvalue weighted by Crippen LogP contribution is -2.01. The summed E-state index contributed by atoms with van der Waals surface area (Å²) in [5, 5.41) is 18.7. The molecule has 5 nitrogen and oxygen atoms in total. The van der Waals surface area contributed by atoms with Crippen LogP contribution in [0.5, 0.6) is 0 Å². The zero-order chi connectivity index (χ0) is 21.2. The van der Waals surface area contributed by atoms with Crippen LogP contribution in [0, 0.1) is 0 Å². The van der Waals surface area contributed by atoms with Gasteiger partial charge in [-0.2, -0.15) is 0 Å². The van der Waals surface area contributed by atoms with Gasteiger partial charge in [0.1, 0.15) is 5.01 Å². The van der Waals surface area contributed by atoms with Crippen molar-refractivity contribution < 1.29 is 19.8 Å². The highest BCUT2D eigenvalue weighted by molar-refractivity contribution is 8.16. The molecule has 0 spiro atoms. The number of benzene rings is 1. The summed E-state index contributed by atoms with van der Waals surface area (Å²) in [7, 11) is 0. The van der Waals surface area contributed by atoms with E-state index >= 15 is 0 Å². The Kier molecular flexibility index (Phi) is 9.76. The summed E-state index contributed by atoms with van der Waals surface area (Å²) >= 11 is 4.76. The van der Waals surface area contributed by atoms with Crippen LogP contribution in [0.2, 0.25) is 0 Å². The molecular formula is C21H25NO4S3. The predicted molar refractivity (Wildman–Crippen MR) is 124 cm³/mol. The second kappa shape index (κ2) is 12.0. The molecule has 1 aromatic carbocycles. The minimum absolute atomic E-state index is 0.00513. The van der Waals surface area contributed by atoms with Gasteiger partial charge in [-0.15, -0.1) is 34.9 Å². The van der Waals surface area contributed by atoms with Gasteiger partial charge in [0.15, 0.2) is 0 Å². The highest BCUT2D eigenvalue weighted by atomic mass is 32.2. The Morgan fingerprint density at radius 1 is 1.10 bits per heavy atom. The number of rotatable bonds is 12. The lowest BCUT2D eigenvalue weighted by Gasteiger charge is -2.16. The van der Waals surface area contributed by atoms with Gasteiger partial charge in [-0.05, 0) is 29.2 Å². The molecule has 2 rings (SSSR count). The van der Waals surface area contributed by atoms with Crippen molar-refractivity contribution in [3.63, 3.8) is 0 Å². The number of aromatic nitrogens is 1. The summed E-state index contributed by atoms with van der Waals surface area (Å²) in [5.74, 6) is -0.223. The number of carboxylic acids is 2. The third kappa shape index (κ3) is 8.64. The fourth-order valence-electron chi connectivity index (χ4n) is 2.37. The predicted octanol–water partition coefficient (Wildman–Crippen LogP) is 5.85. The second-order valence-electron chi connectivity index (χ2n) is 6.62. The van der Waals surface area contributed by atoms with Crippen molar-refractivity contribution in [2.24, 2.45) is 0 Å². The number of hydrogen-bond acceptors (Lipinski definition) is 6. The molecule has 29 heavy (non-hydrogen) atoms. The number of nitrogens with zero attached hydrogens (tertiary/aromatic N) is 1. The molecule has 0 bridgehead atoms. The Hall–Kier alpha value is -1.77. The third-order valence-corrected chi connectivity index (χ3v) is 7.99. The van der Waals surface area contributed by atoms with Crippen molar-refractivity contribution in [1.29, 1.82) is 0 Å². The average Bonchev–Trinajstić information content (AvgIpc) is 3.14. The van der Waals surface area contributed by atoms with Gasteiger partial charge in [0.2, 0.25) is 0 Å². The van der Waals surface area contributed by atoms with Crippen LogP contribution in [0.25, 0.3) is 12.2 Å². The fraction of sp³-hybridized carbons (Fsp3) is 0.381. The second-order valence-corrected chi connectivity index (χ2v) is 10.4. The maximum Gasteiger partial charge on any atom is 0.304 e. The highest BCUT2D eigenvalue weighted by Gasteiger charge is 2.14. The summed E-state index contributed by atoms with van der Waals surface area (Å²) in [6.07, 6.45) is 6.11. The number of carboxylic acid groups (broad SMARTS) is 2. The van der Waals surface area contributed by atoms with Gasteiger partial charge in [0.05, 0.1) is 17.4 Å². The van der Waals surface area contributed by atoms with Crippen molar-refractivity contribution in [3.05, 3.63) is 51.5 Å². The summed E-state index contributed by atoms with van der Waals surface area (Å²) in [4.78, 5) is 27.3. The molecule has 0 amide bonds. The van der Waals surface area contributed by atoms with Crippen LogP contribution in [0.1, 0.15) is 58.2 Å². The minimum atomic E-state index is -0.826. The van der Waals surface area contributed by atoms with Crippen molar-refractivity contribution in [1.82, 2.24) is 4.98 Å². The molecule has 0 atom stereocenters. The molecule has 0 unspecified atom stereocenters. The van der Waals surface area contributed by atoms with E-state index in [0.29, 0.717) is 17.4 Å². The molecule has 0 aliphatic rings. The summed E-state index contributed by atoms with van der Waals surface area (Å²) in [5.41, 5.74) is 2.09. The van der Waals surface area contributed by atoms with Crippen molar-refractivity contribution in [2.75, 3.05) is 11.5 Å². The Morgan fingerprint density at radius 2 is 1.76 bits per heavy atom. The van der Waals surface area contributed by atoms with Gasteiger partial charge >= 0.3 is 11.9 Å². The van der Waals surface area contributed by atoms with E-state index < -0.39 is 11.9 Å². The Balaban J connectivity index is 2.10. The van der Waals surface area contributed by atoms with Crippen molar-refractivity contribution >= 4 is 59.0 Å². The molecule has 0 saturated heterocycles. The fourth-order valence-corrected chi connectivity index (χ4v) is 5.85. The number of thiazole rings is 1. The topological polar surface area (TPSA) is 87.5 Å². The van der Waals surface area contributed by atoms with Gasteiger partial charge < -0.3 is 10.2 Å². The van der Waals surface area contributed by atoms with Crippen LogP contribution < -0.4 is 0 Å². The first-order chi connectivity index (χ1) is 13.8. The molecule has 0 aliphatic heterocycles. The lowest BCUT2D eigenvalue weighted by molar-refractivity contribution is -0.137. The van der Waals surface area contributed by atoms with E-state index in [1.54, 1.807) is 11.3 Å². The Bertz CT molecular complexity index is 828. The molecule has 0 aliphatic carbocycles. The van der Waals surface area contributed by atoms with Gasteiger partial charge in [-0.1, -0.05) is 38.1 Å². The summed E-state index contributed by atoms with van der Waals surface area (Å²) in [6.45, 7) is 4.29. The van der Waals surface area contributed by atoms with E-state index in [4.69, 9.17) is 10.2 Å². The van der Waals surface area contributed by atoms with E-state index in [1.165, 1.54) is 28.4 Å². The molecule has 0 saturated carbocycles. The quantitative estimate of drug-likeness (QED) is 0.391. The normalized spacial score (nSPS) is 11.6. The Labute approximate surface area is 183 Å². The van der Waals surface area contributed by atoms with Crippen LogP contribution >= 0.6 is 34.9 Å². The molecule has 1 aromatic heterocycles. The molecule has 8 heteroatoms. The molecule has 1 heterocycles. The first kappa shape index (κ1) is 23.5. The molecule has 2 N–H and O–H groups in total. The smallest absolute Gasteiger partial charge is 0.304 e. The molecule has 0 fully saturated rings. The molecule has 0 radical (unpaired) electrons. The van der Waals surface area contributed by atoms with Crippen LogP contribution in [-0.4, -0.2) is 38.6 Å². The van der Waals surface area contributed by atoms with Crippen LogP contribution in [0.3, 0.4) is 0 Å². The average molecular weight is 452 g/mol. The SMILES string of the molecule is CC(C)c1cnc(/C=C/c2cccc(C(SCCC(=O)O)SCCC(=O)O)c2)s1. The van der Waals surface area contributed by atoms with E-state index in [2.05, 4.69) is 24.9 Å². The van der Waals surface area contributed by atoms with E-state index in [1.807, 2.05) is 36.5 Å². The molecule has 156 valence electrons. The maximum absolute atomic E-state index is 10.8. The van der Waals surface area contributed by atoms with Gasteiger partial charge in [0, 0.05) is 22.6 Å². The molecule has 2 aromatic rings. The van der Waals surface area contributed by atoms with Crippen LogP contribution in [-0.2, 0) is 9.59 Å². The van der Waals surface area contributed by atoms with Crippen molar-refractivity contribution in [2.45, 2.75) is 37.2 Å². The zero-order valence-corrected chi connectivity index (χ0v) is 18.9. The third-order valence-electron chi connectivity index (χ3n) is 3.88. The van der Waals surface area contributed by atoms with E-state index in [0.717, 1.165) is 16.1 Å². The number of carbonyl (C=O) groups is 2. The largest absolute Gasteiger partial charge is 0.481 e. The number of aliphatic carboxylic acids is 2. The van der Waals surface area contributed by atoms with E-state index in [9.17, 15) is 9.59 Å². The lowest BCUT2D eigenvalue weighted by atomic mass is 10.1. The minimum Gasteiger partial charge on any atom is -0.481 e. The molecular weight excluding hydrogens is 426 g/mol. The highest BCUT2D eigenvalue weighted by Crippen LogP contribution is 2.40. The number of thioether (sulfide) groups is 2. The first-order valence-corrected chi connectivity index (χ1v) is 12.2. The summed E-state index contributed by atoms with van der Waals surface area (Å²) in [6, 6.07) is 8.06. The standard InChI is InChI=1S/C21H25NO4S3/c1-14(2)17-13-22-18(29-17)7-6-15-4-3-5-16(12-15)21(27-10-8-19(23)24)28-11-9-20(25)26/h3-7,12-14,21H,8-11H2,1-2H3,(H,23,24)(H,25,26)/b7-6+. The van der Waals surface area contributed by atoms with Crippen LogP contribution in [0.15, 0.2) is 30.5 Å². The monoisotopic (exact) mass is 451 g/mol. The zero-order valence-electron chi connectivity index (χ0n) is 16.4. The van der Waals surface area contributed by atoms with Crippen LogP contribution in [0.4, 0.5) is 0 Å². The van der Waals surface area contributed by atoms with Gasteiger partial charge in [0.25, 0.3) is 0 Å². The van der Waals surface area contributed by atoms with Gasteiger partial charge in [-0.3, -0.25) is 9.59 Å². The Morgan fingerprint density at radius 3 is 2.31 bits per heavy atom. The maximum atomic E-state index is 10.8.